The highest BCUT2D eigenvalue weighted by Gasteiger charge is 2.58. The van der Waals surface area contributed by atoms with E-state index in [0.717, 1.165) is 32.1 Å². The van der Waals surface area contributed by atoms with Crippen molar-refractivity contribution in [2.24, 2.45) is 17.3 Å². The van der Waals surface area contributed by atoms with Crippen molar-refractivity contribution < 1.29 is 14.7 Å². The molecule has 4 bridgehead atoms. The average molecular weight is 386 g/mol. The van der Waals surface area contributed by atoms with Crippen LogP contribution in [0.1, 0.15) is 52.4 Å². The molecule has 0 aliphatic heterocycles. The van der Waals surface area contributed by atoms with Gasteiger partial charge in [0.25, 0.3) is 0 Å². The summed E-state index contributed by atoms with van der Waals surface area (Å²) < 4.78 is 0. The first-order valence-corrected chi connectivity index (χ1v) is 10.4. The lowest BCUT2D eigenvalue weighted by Gasteiger charge is -2.62. The molecule has 6 nitrogen and oxygen atoms in total. The molecule has 0 saturated heterocycles. The Labute approximate surface area is 166 Å². The van der Waals surface area contributed by atoms with Gasteiger partial charge in [-0.05, 0) is 74.8 Å². The van der Waals surface area contributed by atoms with Gasteiger partial charge in [-0.25, -0.2) is 0 Å². The third kappa shape index (κ3) is 3.80. The fourth-order valence-electron chi connectivity index (χ4n) is 6.34. The second-order valence-electron chi connectivity index (χ2n) is 9.43. The van der Waals surface area contributed by atoms with E-state index >= 15 is 0 Å². The number of aliphatic hydroxyl groups is 1. The number of hydrogen-bond donors (Lipinski definition) is 4. The number of amides is 2. The van der Waals surface area contributed by atoms with E-state index in [4.69, 9.17) is 0 Å². The van der Waals surface area contributed by atoms with Crippen molar-refractivity contribution in [2.75, 3.05) is 17.2 Å². The van der Waals surface area contributed by atoms with E-state index in [1.165, 1.54) is 13.3 Å². The van der Waals surface area contributed by atoms with Crippen LogP contribution in [-0.2, 0) is 9.59 Å². The van der Waals surface area contributed by atoms with Crippen molar-refractivity contribution in [3.05, 3.63) is 24.3 Å². The Morgan fingerprint density at radius 3 is 2.29 bits per heavy atom. The fraction of sp³-hybridized carbons (Fsp3) is 0.636. The van der Waals surface area contributed by atoms with E-state index in [9.17, 15) is 14.7 Å². The van der Waals surface area contributed by atoms with Crippen molar-refractivity contribution >= 4 is 23.2 Å². The third-order valence-corrected chi connectivity index (χ3v) is 7.07. The maximum absolute atomic E-state index is 12.5. The summed E-state index contributed by atoms with van der Waals surface area (Å²) in [7, 11) is 0. The molecule has 0 spiro atoms. The Kier molecular flexibility index (Phi) is 4.96. The molecule has 0 unspecified atom stereocenters. The molecule has 5 rings (SSSR count). The number of carbonyl (C=O) groups excluding carboxylic acids is 2. The molecule has 4 saturated carbocycles. The minimum absolute atomic E-state index is 0.104. The molecule has 4 fully saturated rings. The summed E-state index contributed by atoms with van der Waals surface area (Å²) in [6.45, 7) is 3.82. The van der Waals surface area contributed by atoms with Gasteiger partial charge in [0.1, 0.15) is 0 Å². The van der Waals surface area contributed by atoms with Crippen LogP contribution < -0.4 is 16.0 Å². The number of carbonyl (C=O) groups is 2. The van der Waals surface area contributed by atoms with E-state index in [0.29, 0.717) is 23.2 Å². The van der Waals surface area contributed by atoms with Crippen LogP contribution in [0, 0.1) is 17.3 Å². The third-order valence-electron chi connectivity index (χ3n) is 7.07. The summed E-state index contributed by atoms with van der Waals surface area (Å²) in [5.41, 5.74) is 0.813. The predicted molar refractivity (Wildman–Crippen MR) is 109 cm³/mol. The maximum Gasteiger partial charge on any atom is 0.238 e. The van der Waals surface area contributed by atoms with E-state index in [-0.39, 0.29) is 29.8 Å². The van der Waals surface area contributed by atoms with Crippen molar-refractivity contribution in [2.45, 2.75) is 64.0 Å². The zero-order valence-corrected chi connectivity index (χ0v) is 16.8. The second kappa shape index (κ2) is 7.16. The molecule has 28 heavy (non-hydrogen) atoms. The molecule has 0 heterocycles. The van der Waals surface area contributed by atoms with Gasteiger partial charge in [0, 0.05) is 13.0 Å². The maximum atomic E-state index is 12.5. The second-order valence-corrected chi connectivity index (χ2v) is 9.43. The van der Waals surface area contributed by atoms with Gasteiger partial charge in [0.05, 0.1) is 23.5 Å². The van der Waals surface area contributed by atoms with Gasteiger partial charge in [-0.3, -0.25) is 9.59 Å². The average Bonchev–Trinajstić information content (AvgIpc) is 2.59. The van der Waals surface area contributed by atoms with Crippen LogP contribution in [0.4, 0.5) is 11.4 Å². The summed E-state index contributed by atoms with van der Waals surface area (Å²) in [6, 6.07) is 7.37. The molecule has 3 atom stereocenters. The van der Waals surface area contributed by atoms with E-state index < -0.39 is 5.60 Å². The van der Waals surface area contributed by atoms with E-state index in [1.54, 1.807) is 12.1 Å². The minimum Gasteiger partial charge on any atom is -0.390 e. The van der Waals surface area contributed by atoms with E-state index in [2.05, 4.69) is 22.9 Å². The van der Waals surface area contributed by atoms with Gasteiger partial charge in [0.2, 0.25) is 11.8 Å². The van der Waals surface area contributed by atoms with Crippen molar-refractivity contribution in [3.8, 4) is 0 Å². The predicted octanol–water partition coefficient (Wildman–Crippen LogP) is 2.89. The lowest BCUT2D eigenvalue weighted by molar-refractivity contribution is -0.171. The Bertz CT molecular complexity index is 764. The normalized spacial score (nSPS) is 34.1. The van der Waals surface area contributed by atoms with Crippen LogP contribution in [-0.4, -0.2) is 35.1 Å². The van der Waals surface area contributed by atoms with Gasteiger partial charge in [-0.15, -0.1) is 0 Å². The summed E-state index contributed by atoms with van der Waals surface area (Å²) in [6.07, 6.45) is 6.35. The van der Waals surface area contributed by atoms with Gasteiger partial charge in [0.15, 0.2) is 0 Å². The first kappa shape index (κ1) is 19.4. The van der Waals surface area contributed by atoms with Crippen LogP contribution >= 0.6 is 0 Å². The Morgan fingerprint density at radius 2 is 1.71 bits per heavy atom. The lowest BCUT2D eigenvalue weighted by atomic mass is 9.46. The molecule has 1 aromatic carbocycles. The van der Waals surface area contributed by atoms with Crippen molar-refractivity contribution in [3.63, 3.8) is 0 Å². The summed E-state index contributed by atoms with van der Waals surface area (Å²) >= 11 is 0. The highest BCUT2D eigenvalue weighted by Crippen LogP contribution is 2.62. The minimum atomic E-state index is -0.487. The Hall–Kier alpha value is -1.92. The van der Waals surface area contributed by atoms with Gasteiger partial charge >= 0.3 is 0 Å². The van der Waals surface area contributed by atoms with Crippen molar-refractivity contribution in [1.82, 2.24) is 5.32 Å². The SMILES string of the molecule is CC(=O)Nc1ccccc1NC(=O)CN[C@@H](C)C12C[C@H]3C[C@@H](CC(O)(C3)C1)C2. The zero-order valence-electron chi connectivity index (χ0n) is 16.8. The van der Waals surface area contributed by atoms with Crippen molar-refractivity contribution in [1.29, 1.82) is 0 Å². The largest absolute Gasteiger partial charge is 0.390 e. The molecule has 152 valence electrons. The number of rotatable bonds is 6. The number of hydrogen-bond acceptors (Lipinski definition) is 4. The molecular formula is C22H31N3O3. The Morgan fingerprint density at radius 1 is 1.11 bits per heavy atom. The summed E-state index contributed by atoms with van der Waals surface area (Å²) in [5.74, 6) is 0.962. The molecule has 4 aliphatic carbocycles. The summed E-state index contributed by atoms with van der Waals surface area (Å²) in [5, 5.41) is 20.0. The molecular weight excluding hydrogens is 354 g/mol. The molecule has 0 aromatic heterocycles. The van der Waals surface area contributed by atoms with E-state index in [1.807, 2.05) is 12.1 Å². The van der Waals surface area contributed by atoms with Crippen LogP contribution in [0.15, 0.2) is 24.3 Å². The lowest BCUT2D eigenvalue weighted by Crippen LogP contribution is -2.61. The number of benzene rings is 1. The fourth-order valence-corrected chi connectivity index (χ4v) is 6.34. The summed E-state index contributed by atoms with van der Waals surface area (Å²) in [4.78, 5) is 23.9. The molecule has 0 radical (unpaired) electrons. The molecule has 4 N–H and O–H groups in total. The quantitative estimate of drug-likeness (QED) is 0.606. The molecule has 4 aliphatic rings. The zero-order chi connectivity index (χ0) is 19.9. The van der Waals surface area contributed by atoms with Crippen LogP contribution in [0.25, 0.3) is 0 Å². The van der Waals surface area contributed by atoms with Crippen LogP contribution in [0.3, 0.4) is 0 Å². The Balaban J connectivity index is 1.36. The highest BCUT2D eigenvalue weighted by atomic mass is 16.3. The van der Waals surface area contributed by atoms with Gasteiger partial charge < -0.3 is 21.1 Å². The molecule has 1 aromatic rings. The molecule has 6 heteroatoms. The standard InChI is InChI=1S/C22H31N3O3/c1-14(21-8-16-7-17(9-21)11-22(28,10-16)13-21)23-12-20(27)25-19-6-4-3-5-18(19)24-15(2)26/h3-6,14,16-17,23,28H,7-13H2,1-2H3,(H,24,26)(H,25,27)/t14-,16+,17+,21?,22?/m0/s1. The number of nitrogens with one attached hydrogen (secondary N) is 3. The first-order chi connectivity index (χ1) is 13.3. The van der Waals surface area contributed by atoms with Crippen LogP contribution in [0.2, 0.25) is 0 Å². The number of para-hydroxylation sites is 2. The van der Waals surface area contributed by atoms with Gasteiger partial charge in [-0.2, -0.15) is 0 Å². The van der Waals surface area contributed by atoms with Gasteiger partial charge in [-0.1, -0.05) is 12.1 Å². The molecule has 2 amide bonds. The first-order valence-electron chi connectivity index (χ1n) is 10.4. The van der Waals surface area contributed by atoms with Crippen LogP contribution in [0.5, 0.6) is 0 Å². The topological polar surface area (TPSA) is 90.5 Å². The number of anilines is 2. The monoisotopic (exact) mass is 385 g/mol. The highest BCUT2D eigenvalue weighted by molar-refractivity contribution is 5.99. The smallest absolute Gasteiger partial charge is 0.238 e.